The Bertz CT molecular complexity index is 10.8. The van der Waals surface area contributed by atoms with Crippen molar-refractivity contribution in [3.63, 3.8) is 0 Å². The molecule has 6 heavy (non-hydrogen) atoms. The molecule has 0 rings (SSSR count). The first-order chi connectivity index (χ1) is 1.00. The van der Waals surface area contributed by atoms with Gasteiger partial charge in [-0.1, -0.05) is 0 Å². The van der Waals surface area contributed by atoms with Gasteiger partial charge in [0.05, 0.1) is 0 Å². The molecule has 34 valence electrons. The van der Waals surface area contributed by atoms with Crippen LogP contribution in [0.25, 0.3) is 0 Å². The van der Waals surface area contributed by atoms with E-state index in [1.807, 2.05) is 0 Å². The van der Waals surface area contributed by atoms with Crippen molar-refractivity contribution in [2.45, 2.75) is 0 Å². The molecule has 0 aliphatic heterocycles. The molecule has 0 aromatic carbocycles. The maximum absolute atomic E-state index is 7.94. The van der Waals surface area contributed by atoms with Crippen LogP contribution in [0.5, 0.6) is 0 Å². The van der Waals surface area contributed by atoms with E-state index in [0.717, 1.165) is 0 Å². The van der Waals surface area contributed by atoms with E-state index >= 15 is 0 Å². The van der Waals surface area contributed by atoms with Gasteiger partial charge in [0.25, 0.3) is 0 Å². The first kappa shape index (κ1) is 55.0. The summed E-state index contributed by atoms with van der Waals surface area (Å²) in [4.78, 5) is 0. The number of hydrogen-bond donors (Lipinski definition) is 0. The zero-order chi connectivity index (χ0) is 2.00. The fourth-order valence-electron chi connectivity index (χ4n) is 0. The molecule has 0 spiro atoms. The van der Waals surface area contributed by atoms with Crippen LogP contribution < -0.4 is 0 Å². The van der Waals surface area contributed by atoms with Gasteiger partial charge in [-0.05, 0) is 0 Å². The molecule has 0 saturated carbocycles. The van der Waals surface area contributed by atoms with Gasteiger partial charge in [0.2, 0.25) is 0 Å². The van der Waals surface area contributed by atoms with E-state index < -0.39 is 0 Å². The van der Waals surface area contributed by atoms with Gasteiger partial charge in [0.15, 0.2) is 0 Å². The minimum absolute atomic E-state index is 0. The first-order valence-electron chi connectivity index (χ1n) is 0.136. The molecule has 0 unspecified atom stereocenters. The van der Waals surface area contributed by atoms with Gasteiger partial charge in [0, 0.05) is 0 Å². The van der Waals surface area contributed by atoms with Crippen LogP contribution in [-0.4, -0.2) is 17.4 Å². The quantitative estimate of drug-likeness (QED) is 0.459. The Labute approximate surface area is 65.2 Å². The molecule has 0 amide bonds. The van der Waals surface area contributed by atoms with Crippen LogP contribution in [-0.2, 0) is 47.8 Å². The van der Waals surface area contributed by atoms with Crippen LogP contribution in [0.3, 0.4) is 0 Å². The fourth-order valence-corrected chi connectivity index (χ4v) is 0. The summed E-state index contributed by atoms with van der Waals surface area (Å²) in [6, 6.07) is 0. The van der Waals surface area contributed by atoms with Crippen LogP contribution in [0, 0.1) is 0 Å². The van der Waals surface area contributed by atoms with E-state index in [0.29, 0.717) is 0 Å². The van der Waals surface area contributed by atoms with Crippen molar-refractivity contribution < 1.29 is 47.8 Å². The third kappa shape index (κ3) is 58.4. The molecule has 0 aliphatic carbocycles. The van der Waals surface area contributed by atoms with Crippen LogP contribution in [0.1, 0.15) is 0 Å². The molecule has 0 atom stereocenters. The van der Waals surface area contributed by atoms with Gasteiger partial charge >= 0.3 is 54.3 Å². The third-order valence-electron chi connectivity index (χ3n) is 0. The van der Waals surface area contributed by atoms with Gasteiger partial charge in [0.1, 0.15) is 0 Å². The molecule has 0 aromatic heterocycles. The summed E-state index contributed by atoms with van der Waals surface area (Å²) in [7, 11) is 0. The van der Waals surface area contributed by atoms with Crippen molar-refractivity contribution in [1.29, 1.82) is 0 Å². The molecule has 0 saturated heterocycles. The van der Waals surface area contributed by atoms with Gasteiger partial charge < -0.3 is 11.0 Å². The molecule has 0 bridgehead atoms. The van der Waals surface area contributed by atoms with E-state index in [4.69, 9.17) is 3.87 Å². The summed E-state index contributed by atoms with van der Waals surface area (Å²) in [6.07, 6.45) is 0. The maximum atomic E-state index is 7.94. The molecular formula is AlCoCrO3+2. The predicted octanol–water partition coefficient (Wildman–Crippen LogP) is -0.742. The van der Waals surface area contributed by atoms with Crippen molar-refractivity contribution in [2.75, 3.05) is 0 Å². The van der Waals surface area contributed by atoms with Gasteiger partial charge in [-0.3, -0.25) is 0 Å². The second-order valence-electron chi connectivity index (χ2n) is 0. The van der Waals surface area contributed by atoms with E-state index in [-0.39, 0.29) is 45.7 Å². The Morgan fingerprint density at radius 3 is 1.00 bits per heavy atom. The first-order valence-corrected chi connectivity index (χ1v) is 0.561. The zero-order valence-electron chi connectivity index (χ0n) is 2.54. The van der Waals surface area contributed by atoms with E-state index in [1.165, 1.54) is 0 Å². The molecule has 0 N–H and O–H groups in total. The zero-order valence-corrected chi connectivity index (χ0v) is 6.01. The molecule has 0 heterocycles. The average Bonchev–Trinajstić information content (AvgIpc) is 1.00. The molecule has 6 heteroatoms. The second kappa shape index (κ2) is 106. The minimum atomic E-state index is 0. The molecular weight excluding hydrogens is 186 g/mol. The van der Waals surface area contributed by atoms with Crippen LogP contribution in [0.2, 0.25) is 0 Å². The number of hydrogen-bond acceptors (Lipinski definition) is 1. The Balaban J connectivity index is -0.000000000833. The summed E-state index contributed by atoms with van der Waals surface area (Å²) < 4.78 is 7.94. The van der Waals surface area contributed by atoms with Gasteiger partial charge in [-0.15, -0.1) is 0 Å². The van der Waals surface area contributed by atoms with Crippen molar-refractivity contribution in [3.05, 3.63) is 0 Å². The summed E-state index contributed by atoms with van der Waals surface area (Å²) >= 11 is 2.31. The van der Waals surface area contributed by atoms with Crippen molar-refractivity contribution in [3.8, 4) is 0 Å². The Morgan fingerprint density at radius 2 is 1.00 bits per heavy atom. The van der Waals surface area contributed by atoms with Crippen molar-refractivity contribution >= 4 is 17.4 Å². The Kier molecular flexibility index (Phi) is 968. The van der Waals surface area contributed by atoms with Crippen LogP contribution in [0.4, 0.5) is 0 Å². The normalized spacial score (nSPS) is 0.833. The molecule has 1 radical (unpaired) electrons. The summed E-state index contributed by atoms with van der Waals surface area (Å²) in [5.41, 5.74) is 0. The Hall–Kier alpha value is 1.29. The van der Waals surface area contributed by atoms with E-state index in [2.05, 4.69) is 15.7 Å². The summed E-state index contributed by atoms with van der Waals surface area (Å²) in [5, 5.41) is 0. The number of rotatable bonds is 0. The standard InChI is InChI=1S/Al.Co.Cr.3O/q+3;;+3;;2*-2. The van der Waals surface area contributed by atoms with Crippen molar-refractivity contribution in [2.24, 2.45) is 0 Å². The molecule has 0 fully saturated rings. The van der Waals surface area contributed by atoms with Gasteiger partial charge in [-0.25, -0.2) is 0 Å². The predicted molar refractivity (Wildman–Crippen MR) is 7.81 cm³/mol. The fraction of sp³-hybridized carbons (Fsp3) is 0. The topological polar surface area (TPSA) is 74.1 Å². The average molecular weight is 186 g/mol. The monoisotopic (exact) mass is 186 g/mol. The van der Waals surface area contributed by atoms with Crippen LogP contribution in [0.15, 0.2) is 0 Å². The molecule has 0 aliphatic rings. The summed E-state index contributed by atoms with van der Waals surface area (Å²) in [5.74, 6) is 0. The molecule has 0 aromatic rings. The summed E-state index contributed by atoms with van der Waals surface area (Å²) in [6.45, 7) is 0. The van der Waals surface area contributed by atoms with Gasteiger partial charge in [-0.2, -0.15) is 0 Å². The third-order valence-corrected chi connectivity index (χ3v) is 0. The second-order valence-corrected chi connectivity index (χ2v) is 0. The molecule has 3 nitrogen and oxygen atoms in total. The van der Waals surface area contributed by atoms with Crippen molar-refractivity contribution in [1.82, 2.24) is 0 Å². The SMILES string of the molecule is [Al+3].[Cr+3].[O-2].[O-2].[O]=[Co]. The van der Waals surface area contributed by atoms with E-state index in [9.17, 15) is 0 Å². The van der Waals surface area contributed by atoms with Crippen LogP contribution >= 0.6 is 0 Å². The Morgan fingerprint density at radius 1 is 1.00 bits per heavy atom. The van der Waals surface area contributed by atoms with E-state index in [1.54, 1.807) is 0 Å².